The number of carbonyl (C=O) groups excluding carboxylic acids is 1. The van der Waals surface area contributed by atoms with Crippen LogP contribution >= 0.6 is 0 Å². The molecular weight excluding hydrogens is 368 g/mol. The summed E-state index contributed by atoms with van der Waals surface area (Å²) < 4.78 is 5.75. The lowest BCUT2D eigenvalue weighted by Gasteiger charge is -2.20. The molecule has 0 unspecified atom stereocenters. The number of oxazole rings is 1. The van der Waals surface area contributed by atoms with E-state index >= 15 is 0 Å². The van der Waals surface area contributed by atoms with Crippen molar-refractivity contribution >= 4 is 11.9 Å². The molecule has 0 aliphatic heterocycles. The summed E-state index contributed by atoms with van der Waals surface area (Å²) in [5.74, 6) is -0.131. The Morgan fingerprint density at radius 3 is 2.45 bits per heavy atom. The Labute approximate surface area is 169 Å². The van der Waals surface area contributed by atoms with Gasteiger partial charge < -0.3 is 14.4 Å². The minimum Gasteiger partial charge on any atom is -0.480 e. The molecule has 0 saturated heterocycles. The van der Waals surface area contributed by atoms with Crippen molar-refractivity contribution in [2.75, 3.05) is 13.1 Å². The van der Waals surface area contributed by atoms with Crippen LogP contribution in [-0.4, -0.2) is 40.0 Å². The van der Waals surface area contributed by atoms with Crippen LogP contribution in [0, 0.1) is 6.92 Å². The second kappa shape index (κ2) is 9.68. The molecule has 1 N–H and O–H groups in total. The third-order valence-corrected chi connectivity index (χ3v) is 4.63. The van der Waals surface area contributed by atoms with Gasteiger partial charge in [-0.15, -0.1) is 0 Å². The highest BCUT2D eigenvalue weighted by molar-refractivity contribution is 5.81. The monoisotopic (exact) mass is 392 g/mol. The predicted molar refractivity (Wildman–Crippen MR) is 109 cm³/mol. The molecule has 0 saturated carbocycles. The SMILES string of the molecule is Cc1ccc(-c2cnc(CCC(=O)N(CCc3ccccc3)CC(=O)O)o2)cc1. The quantitative estimate of drug-likeness (QED) is 0.600. The number of aromatic nitrogens is 1. The molecule has 0 fully saturated rings. The Balaban J connectivity index is 1.57. The average molecular weight is 392 g/mol. The van der Waals surface area contributed by atoms with Gasteiger partial charge >= 0.3 is 5.97 Å². The Morgan fingerprint density at radius 2 is 1.76 bits per heavy atom. The van der Waals surface area contributed by atoms with E-state index in [9.17, 15) is 9.59 Å². The van der Waals surface area contributed by atoms with Gasteiger partial charge in [0.25, 0.3) is 0 Å². The van der Waals surface area contributed by atoms with Crippen LogP contribution < -0.4 is 0 Å². The Kier molecular flexibility index (Phi) is 6.79. The van der Waals surface area contributed by atoms with E-state index < -0.39 is 5.97 Å². The fraction of sp³-hybridized carbons (Fsp3) is 0.261. The van der Waals surface area contributed by atoms with E-state index in [-0.39, 0.29) is 18.9 Å². The van der Waals surface area contributed by atoms with Crippen LogP contribution in [-0.2, 0) is 22.4 Å². The van der Waals surface area contributed by atoms with Crippen LogP contribution in [0.15, 0.2) is 65.2 Å². The molecule has 0 spiro atoms. The van der Waals surface area contributed by atoms with E-state index in [0.29, 0.717) is 31.0 Å². The van der Waals surface area contributed by atoms with Crippen LogP contribution in [0.4, 0.5) is 0 Å². The number of hydrogen-bond acceptors (Lipinski definition) is 4. The van der Waals surface area contributed by atoms with Gasteiger partial charge in [0, 0.05) is 24.9 Å². The van der Waals surface area contributed by atoms with E-state index in [1.807, 2.05) is 61.5 Å². The zero-order valence-corrected chi connectivity index (χ0v) is 16.4. The molecule has 0 aliphatic carbocycles. The van der Waals surface area contributed by atoms with Gasteiger partial charge in [0.05, 0.1) is 6.20 Å². The number of rotatable bonds is 9. The number of carbonyl (C=O) groups is 2. The molecule has 3 rings (SSSR count). The Hall–Kier alpha value is -3.41. The minimum atomic E-state index is -1.02. The van der Waals surface area contributed by atoms with Crippen LogP contribution in [0.25, 0.3) is 11.3 Å². The molecule has 6 nitrogen and oxygen atoms in total. The summed E-state index contributed by atoms with van der Waals surface area (Å²) in [7, 11) is 0. The minimum absolute atomic E-state index is 0.149. The summed E-state index contributed by atoms with van der Waals surface area (Å²) in [4.78, 5) is 29.4. The smallest absolute Gasteiger partial charge is 0.323 e. The maximum atomic E-state index is 12.6. The van der Waals surface area contributed by atoms with Crippen LogP contribution in [0.1, 0.15) is 23.4 Å². The summed E-state index contributed by atoms with van der Waals surface area (Å²) in [5.41, 5.74) is 3.15. The van der Waals surface area contributed by atoms with Gasteiger partial charge in [-0.3, -0.25) is 9.59 Å². The highest BCUT2D eigenvalue weighted by Crippen LogP contribution is 2.21. The van der Waals surface area contributed by atoms with Gasteiger partial charge in [0.2, 0.25) is 5.91 Å². The molecule has 0 atom stereocenters. The van der Waals surface area contributed by atoms with Crippen molar-refractivity contribution in [2.45, 2.75) is 26.2 Å². The molecule has 1 aromatic heterocycles. The lowest BCUT2D eigenvalue weighted by Crippen LogP contribution is -2.37. The molecular formula is C23H24N2O4. The van der Waals surface area contributed by atoms with Crippen LogP contribution in [0.2, 0.25) is 0 Å². The molecule has 0 bridgehead atoms. The molecule has 3 aromatic rings. The molecule has 0 aliphatic rings. The number of amides is 1. The van der Waals surface area contributed by atoms with Crippen molar-refractivity contribution in [3.05, 3.63) is 77.8 Å². The van der Waals surface area contributed by atoms with E-state index in [0.717, 1.165) is 16.7 Å². The van der Waals surface area contributed by atoms with Crippen molar-refractivity contribution in [2.24, 2.45) is 0 Å². The first-order chi connectivity index (χ1) is 14.0. The van der Waals surface area contributed by atoms with Crippen LogP contribution in [0.5, 0.6) is 0 Å². The van der Waals surface area contributed by atoms with E-state index in [4.69, 9.17) is 9.52 Å². The van der Waals surface area contributed by atoms with E-state index in [2.05, 4.69) is 4.98 Å². The van der Waals surface area contributed by atoms with Gasteiger partial charge in [-0.1, -0.05) is 60.2 Å². The summed E-state index contributed by atoms with van der Waals surface area (Å²) in [6.45, 7) is 2.06. The molecule has 6 heteroatoms. The lowest BCUT2D eigenvalue weighted by molar-refractivity contribution is -0.144. The maximum absolute atomic E-state index is 12.6. The van der Waals surface area contributed by atoms with E-state index in [1.54, 1.807) is 6.20 Å². The van der Waals surface area contributed by atoms with E-state index in [1.165, 1.54) is 4.90 Å². The predicted octanol–water partition coefficient (Wildman–Crippen LogP) is 3.74. The van der Waals surface area contributed by atoms with Crippen molar-refractivity contribution in [3.8, 4) is 11.3 Å². The Bertz CT molecular complexity index is 949. The van der Waals surface area contributed by atoms with Gasteiger partial charge in [-0.05, 0) is 18.9 Å². The fourth-order valence-electron chi connectivity index (χ4n) is 3.01. The molecule has 150 valence electrons. The van der Waals surface area contributed by atoms with Gasteiger partial charge in [0.1, 0.15) is 6.54 Å². The van der Waals surface area contributed by atoms with Crippen molar-refractivity contribution < 1.29 is 19.1 Å². The average Bonchev–Trinajstić information content (AvgIpc) is 3.19. The third-order valence-electron chi connectivity index (χ3n) is 4.63. The zero-order valence-electron chi connectivity index (χ0n) is 16.4. The molecule has 1 amide bonds. The number of nitrogens with zero attached hydrogens (tertiary/aromatic N) is 2. The third kappa shape index (κ3) is 6.04. The first kappa shape index (κ1) is 20.3. The summed E-state index contributed by atoms with van der Waals surface area (Å²) in [5, 5.41) is 9.14. The van der Waals surface area contributed by atoms with Gasteiger partial charge in [0.15, 0.2) is 11.7 Å². The summed E-state index contributed by atoms with van der Waals surface area (Å²) >= 11 is 0. The number of hydrogen-bond donors (Lipinski definition) is 1. The normalized spacial score (nSPS) is 10.7. The number of aryl methyl sites for hydroxylation is 2. The molecule has 29 heavy (non-hydrogen) atoms. The molecule has 0 radical (unpaired) electrons. The van der Waals surface area contributed by atoms with Crippen molar-refractivity contribution in [1.82, 2.24) is 9.88 Å². The van der Waals surface area contributed by atoms with Gasteiger partial charge in [-0.2, -0.15) is 0 Å². The highest BCUT2D eigenvalue weighted by Gasteiger charge is 2.18. The second-order valence-corrected chi connectivity index (χ2v) is 6.93. The number of aliphatic carboxylic acids is 1. The largest absolute Gasteiger partial charge is 0.480 e. The first-order valence-corrected chi connectivity index (χ1v) is 9.56. The zero-order chi connectivity index (χ0) is 20.6. The number of carboxylic acids is 1. The van der Waals surface area contributed by atoms with Crippen LogP contribution in [0.3, 0.4) is 0 Å². The van der Waals surface area contributed by atoms with Crippen molar-refractivity contribution in [1.29, 1.82) is 0 Å². The number of benzene rings is 2. The second-order valence-electron chi connectivity index (χ2n) is 6.93. The van der Waals surface area contributed by atoms with Crippen molar-refractivity contribution in [3.63, 3.8) is 0 Å². The lowest BCUT2D eigenvalue weighted by atomic mass is 10.1. The topological polar surface area (TPSA) is 83.6 Å². The fourth-order valence-corrected chi connectivity index (χ4v) is 3.01. The van der Waals surface area contributed by atoms with Gasteiger partial charge in [-0.25, -0.2) is 4.98 Å². The summed E-state index contributed by atoms with van der Waals surface area (Å²) in [6, 6.07) is 17.6. The maximum Gasteiger partial charge on any atom is 0.323 e. The molecule has 2 aromatic carbocycles. The summed E-state index contributed by atoms with van der Waals surface area (Å²) in [6.07, 6.45) is 2.73. The molecule has 1 heterocycles. The highest BCUT2D eigenvalue weighted by atomic mass is 16.4. The first-order valence-electron chi connectivity index (χ1n) is 9.56. The number of carboxylic acid groups (broad SMARTS) is 1. The standard InChI is InChI=1S/C23H24N2O4/c1-17-7-9-19(10-8-17)20-15-24-21(29-20)11-12-22(26)25(16-23(27)28)14-13-18-5-3-2-4-6-18/h2-10,15H,11-14,16H2,1H3,(H,27,28). The Morgan fingerprint density at radius 1 is 1.03 bits per heavy atom.